The number of anilines is 1. The van der Waals surface area contributed by atoms with Gasteiger partial charge in [0.25, 0.3) is 5.91 Å². The second kappa shape index (κ2) is 10.8. The molecule has 0 radical (unpaired) electrons. The minimum absolute atomic E-state index is 0.0472. The van der Waals surface area contributed by atoms with E-state index >= 15 is 0 Å². The molecular formula is C28H36N4O3. The molecule has 7 heteroatoms. The predicted octanol–water partition coefficient (Wildman–Crippen LogP) is 3.88. The Morgan fingerprint density at radius 2 is 1.80 bits per heavy atom. The molecule has 1 aromatic heterocycles. The highest BCUT2D eigenvalue weighted by Crippen LogP contribution is 2.36. The summed E-state index contributed by atoms with van der Waals surface area (Å²) in [6, 6.07) is 14.2. The van der Waals surface area contributed by atoms with Gasteiger partial charge in [-0.1, -0.05) is 30.7 Å². The highest BCUT2D eigenvalue weighted by atomic mass is 16.5. The van der Waals surface area contributed by atoms with E-state index in [9.17, 15) is 9.59 Å². The Kier molecular flexibility index (Phi) is 7.32. The van der Waals surface area contributed by atoms with Crippen molar-refractivity contribution >= 4 is 17.5 Å². The zero-order valence-corrected chi connectivity index (χ0v) is 20.6. The zero-order chi connectivity index (χ0) is 24.2. The van der Waals surface area contributed by atoms with Gasteiger partial charge in [-0.15, -0.1) is 0 Å². The lowest BCUT2D eigenvalue weighted by atomic mass is 9.92. The van der Waals surface area contributed by atoms with Gasteiger partial charge in [-0.05, 0) is 55.7 Å². The summed E-state index contributed by atoms with van der Waals surface area (Å²) in [7, 11) is 0. The molecule has 0 spiro atoms. The smallest absolute Gasteiger partial charge is 0.260 e. The number of amides is 2. The molecule has 3 heterocycles. The number of fused-ring (bicyclic) bond motifs is 3. The SMILES string of the molecule is CC(=O)N1CCC2CCCC(CN(C(=O)COc3ccccn3)Cc3ccccc31)N2CC1CC1. The number of nitrogens with zero attached hydrogens (tertiary/aromatic N) is 4. The maximum Gasteiger partial charge on any atom is 0.260 e. The summed E-state index contributed by atoms with van der Waals surface area (Å²) in [5, 5.41) is 0. The molecule has 1 saturated heterocycles. The van der Waals surface area contributed by atoms with Crippen LogP contribution in [0.3, 0.4) is 0 Å². The standard InChI is InChI=1S/C28H36N4O3/c1-21(33)31-16-14-24-8-6-9-25(32(24)17-22-12-13-22)19-30(18-23-7-2-3-10-26(23)31)28(34)20-35-27-11-4-5-15-29-27/h2-5,7,10-11,15,22,24-25H,6,8-9,12-14,16-20H2,1H3. The summed E-state index contributed by atoms with van der Waals surface area (Å²) in [6.07, 6.45) is 8.67. The fraction of sp³-hybridized carbons (Fsp3) is 0.536. The number of rotatable bonds is 5. The van der Waals surface area contributed by atoms with Gasteiger partial charge < -0.3 is 14.5 Å². The Bertz CT molecular complexity index is 1030. The molecule has 2 fully saturated rings. The van der Waals surface area contributed by atoms with Gasteiger partial charge in [0, 0.05) is 63.1 Å². The van der Waals surface area contributed by atoms with E-state index in [-0.39, 0.29) is 18.4 Å². The lowest BCUT2D eigenvalue weighted by Gasteiger charge is -2.44. The number of piperidine rings is 1. The van der Waals surface area contributed by atoms with E-state index in [4.69, 9.17) is 4.74 Å². The van der Waals surface area contributed by atoms with Crippen molar-refractivity contribution in [2.24, 2.45) is 5.92 Å². The Morgan fingerprint density at radius 1 is 1.00 bits per heavy atom. The van der Waals surface area contributed by atoms with Crippen molar-refractivity contribution < 1.29 is 14.3 Å². The van der Waals surface area contributed by atoms with Crippen LogP contribution in [0.25, 0.3) is 0 Å². The molecule has 2 unspecified atom stereocenters. The molecule has 7 nitrogen and oxygen atoms in total. The minimum atomic E-state index is -0.0485. The number of benzene rings is 1. The van der Waals surface area contributed by atoms with E-state index in [1.807, 2.05) is 46.2 Å². The maximum absolute atomic E-state index is 13.5. The molecule has 2 aromatic rings. The average molecular weight is 477 g/mol. The average Bonchev–Trinajstić information content (AvgIpc) is 3.69. The molecule has 3 aliphatic rings. The van der Waals surface area contributed by atoms with Crippen molar-refractivity contribution in [3.05, 3.63) is 54.2 Å². The van der Waals surface area contributed by atoms with E-state index in [1.165, 1.54) is 12.8 Å². The van der Waals surface area contributed by atoms with Crippen LogP contribution in [0, 0.1) is 5.92 Å². The number of hydrogen-bond acceptors (Lipinski definition) is 5. The van der Waals surface area contributed by atoms with E-state index < -0.39 is 0 Å². The normalized spacial score (nSPS) is 23.2. The number of carbonyl (C=O) groups is 2. The summed E-state index contributed by atoms with van der Waals surface area (Å²) in [5.74, 6) is 1.23. The van der Waals surface area contributed by atoms with Crippen LogP contribution < -0.4 is 9.64 Å². The molecule has 2 aliphatic heterocycles. The van der Waals surface area contributed by atoms with Crippen molar-refractivity contribution in [3.63, 3.8) is 0 Å². The molecule has 0 N–H and O–H groups in total. The number of para-hydroxylation sites is 1. The first-order chi connectivity index (χ1) is 17.1. The van der Waals surface area contributed by atoms with Crippen LogP contribution in [0.1, 0.15) is 51.0 Å². The first kappa shape index (κ1) is 23.8. The van der Waals surface area contributed by atoms with E-state index in [1.54, 1.807) is 19.2 Å². The summed E-state index contributed by atoms with van der Waals surface area (Å²) in [5.41, 5.74) is 1.91. The van der Waals surface area contributed by atoms with Gasteiger partial charge in [-0.25, -0.2) is 4.98 Å². The Morgan fingerprint density at radius 3 is 2.57 bits per heavy atom. The molecule has 35 heavy (non-hydrogen) atoms. The number of aromatic nitrogens is 1. The highest BCUT2D eigenvalue weighted by molar-refractivity contribution is 5.92. The molecule has 1 aliphatic carbocycles. The second-order valence-corrected chi connectivity index (χ2v) is 10.2. The number of ether oxygens (including phenoxy) is 1. The first-order valence-electron chi connectivity index (χ1n) is 13.0. The van der Waals surface area contributed by atoms with Crippen molar-refractivity contribution in [1.29, 1.82) is 0 Å². The molecule has 2 bridgehead atoms. The van der Waals surface area contributed by atoms with Gasteiger partial charge >= 0.3 is 0 Å². The van der Waals surface area contributed by atoms with E-state index in [0.29, 0.717) is 37.6 Å². The highest BCUT2D eigenvalue weighted by Gasteiger charge is 2.37. The van der Waals surface area contributed by atoms with E-state index in [2.05, 4.69) is 9.88 Å². The topological polar surface area (TPSA) is 66.0 Å². The Labute approximate surface area is 208 Å². The van der Waals surface area contributed by atoms with Crippen LogP contribution in [0.5, 0.6) is 5.88 Å². The van der Waals surface area contributed by atoms with Gasteiger partial charge in [0.1, 0.15) is 0 Å². The lowest BCUT2D eigenvalue weighted by Crippen LogP contribution is -2.53. The van der Waals surface area contributed by atoms with Crippen LogP contribution in [0.2, 0.25) is 0 Å². The zero-order valence-electron chi connectivity index (χ0n) is 20.6. The monoisotopic (exact) mass is 476 g/mol. The fourth-order valence-electron chi connectivity index (χ4n) is 5.63. The molecule has 5 rings (SSSR count). The van der Waals surface area contributed by atoms with Crippen LogP contribution >= 0.6 is 0 Å². The minimum Gasteiger partial charge on any atom is -0.468 e. The fourth-order valence-corrected chi connectivity index (χ4v) is 5.63. The molecule has 2 atom stereocenters. The van der Waals surface area contributed by atoms with Gasteiger partial charge in [-0.2, -0.15) is 0 Å². The quantitative estimate of drug-likeness (QED) is 0.655. The summed E-state index contributed by atoms with van der Waals surface area (Å²) < 4.78 is 5.75. The lowest BCUT2D eigenvalue weighted by molar-refractivity contribution is -0.135. The predicted molar refractivity (Wildman–Crippen MR) is 135 cm³/mol. The molecule has 1 aromatic carbocycles. The summed E-state index contributed by atoms with van der Waals surface area (Å²) >= 11 is 0. The largest absolute Gasteiger partial charge is 0.468 e. The van der Waals surface area contributed by atoms with Crippen molar-refractivity contribution in [2.75, 3.05) is 31.1 Å². The van der Waals surface area contributed by atoms with Crippen LogP contribution in [-0.2, 0) is 16.1 Å². The van der Waals surface area contributed by atoms with Crippen LogP contribution in [0.4, 0.5) is 5.69 Å². The van der Waals surface area contributed by atoms with Crippen LogP contribution in [0.15, 0.2) is 48.7 Å². The third-order valence-electron chi connectivity index (χ3n) is 7.65. The number of hydrogen-bond donors (Lipinski definition) is 0. The molecule has 186 valence electrons. The number of carbonyl (C=O) groups excluding carboxylic acids is 2. The summed E-state index contributed by atoms with van der Waals surface area (Å²) in [4.78, 5) is 37.0. The summed E-state index contributed by atoms with van der Waals surface area (Å²) in [6.45, 7) is 4.56. The molecular weight excluding hydrogens is 440 g/mol. The third kappa shape index (κ3) is 5.84. The van der Waals surface area contributed by atoms with Gasteiger partial charge in [-0.3, -0.25) is 14.5 Å². The van der Waals surface area contributed by atoms with E-state index in [0.717, 1.165) is 49.4 Å². The van der Waals surface area contributed by atoms with Gasteiger partial charge in [0.2, 0.25) is 11.8 Å². The Balaban J connectivity index is 1.45. The van der Waals surface area contributed by atoms with Crippen LogP contribution in [-0.4, -0.2) is 64.9 Å². The van der Waals surface area contributed by atoms with Crippen molar-refractivity contribution in [1.82, 2.24) is 14.8 Å². The third-order valence-corrected chi connectivity index (χ3v) is 7.65. The van der Waals surface area contributed by atoms with Gasteiger partial charge in [0.15, 0.2) is 6.61 Å². The molecule has 1 saturated carbocycles. The van der Waals surface area contributed by atoms with Crippen molar-refractivity contribution in [2.45, 2.75) is 64.1 Å². The second-order valence-electron chi connectivity index (χ2n) is 10.2. The van der Waals surface area contributed by atoms with Gasteiger partial charge in [0.05, 0.1) is 0 Å². The first-order valence-corrected chi connectivity index (χ1v) is 13.0. The Hall–Kier alpha value is -2.93. The number of pyridine rings is 1. The maximum atomic E-state index is 13.5. The molecule has 2 amide bonds. The van der Waals surface area contributed by atoms with Crippen molar-refractivity contribution in [3.8, 4) is 5.88 Å².